The Balaban J connectivity index is 2.21. The van der Waals surface area contributed by atoms with Crippen molar-refractivity contribution >= 4 is 11.6 Å². The van der Waals surface area contributed by atoms with E-state index < -0.39 is 0 Å². The van der Waals surface area contributed by atoms with Gasteiger partial charge in [0.05, 0.1) is 33.6 Å². The van der Waals surface area contributed by atoms with Crippen LogP contribution >= 0.6 is 0 Å². The van der Waals surface area contributed by atoms with Crippen molar-refractivity contribution in [1.82, 2.24) is 0 Å². The fourth-order valence-corrected chi connectivity index (χ4v) is 3.42. The molecule has 0 saturated carbocycles. The number of rotatable bonds is 6. The number of carbonyl (C=O) groups is 1. The van der Waals surface area contributed by atoms with E-state index in [1.807, 2.05) is 6.92 Å². The number of hydrogen-bond donors (Lipinski definition) is 2. The Morgan fingerprint density at radius 3 is 2.44 bits per heavy atom. The second kappa shape index (κ2) is 7.65. The maximum Gasteiger partial charge on any atom is 0.225 e. The SMILES string of the molecule is CCOc1cc([C@@H]2CC(=O)Nc3cc(OC)c(OC)c(OC)c32)ccc1O. The Morgan fingerprint density at radius 2 is 1.81 bits per heavy atom. The number of amides is 1. The summed E-state index contributed by atoms with van der Waals surface area (Å²) in [5, 5.41) is 12.9. The quantitative estimate of drug-likeness (QED) is 0.808. The van der Waals surface area contributed by atoms with Crippen LogP contribution in [0.15, 0.2) is 24.3 Å². The van der Waals surface area contributed by atoms with Gasteiger partial charge in [0, 0.05) is 24.0 Å². The highest BCUT2D eigenvalue weighted by Crippen LogP contribution is 2.51. The zero-order valence-corrected chi connectivity index (χ0v) is 15.8. The number of methoxy groups -OCH3 is 3. The van der Waals surface area contributed by atoms with E-state index in [-0.39, 0.29) is 24.0 Å². The number of nitrogens with one attached hydrogen (secondary N) is 1. The van der Waals surface area contributed by atoms with Crippen molar-refractivity contribution in [3.05, 3.63) is 35.4 Å². The van der Waals surface area contributed by atoms with Crippen molar-refractivity contribution in [2.45, 2.75) is 19.3 Å². The van der Waals surface area contributed by atoms with E-state index in [1.165, 1.54) is 14.2 Å². The molecule has 0 aromatic heterocycles. The molecule has 27 heavy (non-hydrogen) atoms. The maximum absolute atomic E-state index is 12.3. The van der Waals surface area contributed by atoms with Gasteiger partial charge < -0.3 is 29.4 Å². The van der Waals surface area contributed by atoms with Gasteiger partial charge in [-0.2, -0.15) is 0 Å². The van der Waals surface area contributed by atoms with Crippen molar-refractivity contribution in [2.75, 3.05) is 33.3 Å². The monoisotopic (exact) mass is 373 g/mol. The zero-order valence-electron chi connectivity index (χ0n) is 15.8. The topological polar surface area (TPSA) is 86.3 Å². The van der Waals surface area contributed by atoms with Gasteiger partial charge >= 0.3 is 0 Å². The summed E-state index contributed by atoms with van der Waals surface area (Å²) in [6, 6.07) is 6.83. The third kappa shape index (κ3) is 3.32. The first kappa shape index (κ1) is 18.7. The molecule has 1 amide bonds. The van der Waals surface area contributed by atoms with Gasteiger partial charge in [0.1, 0.15) is 0 Å². The summed E-state index contributed by atoms with van der Waals surface area (Å²) < 4.78 is 22.0. The Hall–Kier alpha value is -3.09. The van der Waals surface area contributed by atoms with Gasteiger partial charge in [0.25, 0.3) is 0 Å². The van der Waals surface area contributed by atoms with Crippen molar-refractivity contribution in [3.63, 3.8) is 0 Å². The van der Waals surface area contributed by atoms with Crippen LogP contribution in [-0.4, -0.2) is 38.9 Å². The number of ether oxygens (including phenoxy) is 4. The first-order chi connectivity index (χ1) is 13.0. The normalized spacial score (nSPS) is 15.6. The lowest BCUT2D eigenvalue weighted by Crippen LogP contribution is -2.24. The Labute approximate surface area is 157 Å². The minimum absolute atomic E-state index is 0.0559. The maximum atomic E-state index is 12.3. The highest BCUT2D eigenvalue weighted by molar-refractivity contribution is 5.97. The molecular weight excluding hydrogens is 350 g/mol. The van der Waals surface area contributed by atoms with Crippen LogP contribution in [-0.2, 0) is 4.79 Å². The fourth-order valence-electron chi connectivity index (χ4n) is 3.42. The molecule has 0 fully saturated rings. The van der Waals surface area contributed by atoms with Crippen molar-refractivity contribution in [3.8, 4) is 28.7 Å². The van der Waals surface area contributed by atoms with E-state index >= 15 is 0 Å². The Morgan fingerprint density at radius 1 is 1.07 bits per heavy atom. The zero-order chi connectivity index (χ0) is 19.6. The average Bonchev–Trinajstić information content (AvgIpc) is 2.67. The summed E-state index contributed by atoms with van der Waals surface area (Å²) in [5.41, 5.74) is 2.23. The number of anilines is 1. The van der Waals surface area contributed by atoms with Crippen LogP contribution in [0.3, 0.4) is 0 Å². The summed E-state index contributed by atoms with van der Waals surface area (Å²) in [4.78, 5) is 12.3. The third-order valence-electron chi connectivity index (χ3n) is 4.57. The molecule has 0 spiro atoms. The van der Waals surface area contributed by atoms with E-state index in [0.717, 1.165) is 11.1 Å². The summed E-state index contributed by atoms with van der Waals surface area (Å²) >= 11 is 0. The minimum Gasteiger partial charge on any atom is -0.504 e. The van der Waals surface area contributed by atoms with Crippen LogP contribution in [0.5, 0.6) is 28.7 Å². The van der Waals surface area contributed by atoms with Crippen molar-refractivity contribution < 1.29 is 28.8 Å². The number of aromatic hydroxyl groups is 1. The Bertz CT molecular complexity index is 864. The smallest absolute Gasteiger partial charge is 0.225 e. The number of benzene rings is 2. The molecule has 0 bridgehead atoms. The molecule has 7 heteroatoms. The minimum atomic E-state index is -0.289. The molecule has 2 aromatic rings. The number of phenols is 1. The second-order valence-electron chi connectivity index (χ2n) is 6.07. The van der Waals surface area contributed by atoms with Crippen LogP contribution < -0.4 is 24.3 Å². The molecule has 1 atom stereocenters. The third-order valence-corrected chi connectivity index (χ3v) is 4.57. The lowest BCUT2D eigenvalue weighted by molar-refractivity contribution is -0.116. The van der Waals surface area contributed by atoms with Crippen LogP contribution in [0.4, 0.5) is 5.69 Å². The molecule has 1 aliphatic rings. The van der Waals surface area contributed by atoms with Gasteiger partial charge in [-0.25, -0.2) is 0 Å². The molecule has 3 rings (SSSR count). The summed E-state index contributed by atoms with van der Waals surface area (Å²) in [5.74, 6) is 1.46. The second-order valence-corrected chi connectivity index (χ2v) is 6.07. The summed E-state index contributed by atoms with van der Waals surface area (Å²) in [7, 11) is 4.62. The number of fused-ring (bicyclic) bond motifs is 1. The van der Waals surface area contributed by atoms with Crippen molar-refractivity contribution in [2.24, 2.45) is 0 Å². The predicted octanol–water partition coefficient (Wildman–Crippen LogP) is 3.29. The van der Waals surface area contributed by atoms with E-state index in [2.05, 4.69) is 5.32 Å². The van der Waals surface area contributed by atoms with E-state index in [9.17, 15) is 9.90 Å². The Kier molecular flexibility index (Phi) is 5.30. The van der Waals surface area contributed by atoms with Gasteiger partial charge in [-0.1, -0.05) is 6.07 Å². The molecule has 1 aliphatic heterocycles. The lowest BCUT2D eigenvalue weighted by atomic mass is 9.83. The molecule has 0 saturated heterocycles. The van der Waals surface area contributed by atoms with Crippen molar-refractivity contribution in [1.29, 1.82) is 0 Å². The average molecular weight is 373 g/mol. The highest BCUT2D eigenvalue weighted by atomic mass is 16.5. The van der Waals surface area contributed by atoms with Crippen LogP contribution in [0, 0.1) is 0 Å². The summed E-state index contributed by atoms with van der Waals surface area (Å²) in [6.07, 6.45) is 0.231. The van der Waals surface area contributed by atoms with Gasteiger partial charge in [-0.3, -0.25) is 4.79 Å². The molecule has 7 nitrogen and oxygen atoms in total. The number of hydrogen-bond acceptors (Lipinski definition) is 6. The first-order valence-corrected chi connectivity index (χ1v) is 8.62. The largest absolute Gasteiger partial charge is 0.504 e. The molecule has 2 aromatic carbocycles. The van der Waals surface area contributed by atoms with Gasteiger partial charge in [-0.15, -0.1) is 0 Å². The van der Waals surface area contributed by atoms with Crippen LogP contribution in [0.2, 0.25) is 0 Å². The van der Waals surface area contributed by atoms with Crippen LogP contribution in [0.1, 0.15) is 30.4 Å². The molecule has 0 radical (unpaired) electrons. The van der Waals surface area contributed by atoms with E-state index in [0.29, 0.717) is 35.3 Å². The van der Waals surface area contributed by atoms with E-state index in [4.69, 9.17) is 18.9 Å². The molecular formula is C20H23NO6. The molecule has 0 aliphatic carbocycles. The fraction of sp³-hybridized carbons (Fsp3) is 0.350. The number of phenolic OH excluding ortho intramolecular Hbond substituents is 1. The standard InChI is InChI=1S/C20H23NO6/c1-5-27-15-8-11(6-7-14(15)22)12-9-17(23)21-13-10-16(24-2)19(25-3)20(26-4)18(12)13/h6-8,10,12,22H,5,9H2,1-4H3,(H,21,23)/t12-/m0/s1. The summed E-state index contributed by atoms with van der Waals surface area (Å²) in [6.45, 7) is 2.27. The molecule has 1 heterocycles. The lowest BCUT2D eigenvalue weighted by Gasteiger charge is -2.29. The molecule has 2 N–H and O–H groups in total. The van der Waals surface area contributed by atoms with Gasteiger partial charge in [0.2, 0.25) is 11.7 Å². The highest BCUT2D eigenvalue weighted by Gasteiger charge is 2.33. The molecule has 144 valence electrons. The van der Waals surface area contributed by atoms with Gasteiger partial charge in [0.15, 0.2) is 23.0 Å². The number of carbonyl (C=O) groups excluding carboxylic acids is 1. The van der Waals surface area contributed by atoms with E-state index in [1.54, 1.807) is 31.4 Å². The predicted molar refractivity (Wildman–Crippen MR) is 100 cm³/mol. The molecule has 0 unspecified atom stereocenters. The van der Waals surface area contributed by atoms with Crippen LogP contribution in [0.25, 0.3) is 0 Å². The van der Waals surface area contributed by atoms with Gasteiger partial charge in [-0.05, 0) is 24.6 Å². The first-order valence-electron chi connectivity index (χ1n) is 8.62.